The number of fused-ring (bicyclic) bond motifs is 1. The molecular formula is C13H15N5O4. The summed E-state index contributed by atoms with van der Waals surface area (Å²) in [5, 5.41) is 43.8. The minimum atomic E-state index is -1.96. The van der Waals surface area contributed by atoms with Gasteiger partial charge in [-0.15, -0.1) is 0 Å². The molecule has 0 aliphatic carbocycles. The van der Waals surface area contributed by atoms with E-state index in [4.69, 9.17) is 10.5 Å². The maximum Gasteiger partial charge on any atom is 0.228 e. The fourth-order valence-electron chi connectivity index (χ4n) is 2.85. The Labute approximate surface area is 125 Å². The molecule has 0 radical (unpaired) electrons. The molecule has 2 aromatic rings. The van der Waals surface area contributed by atoms with E-state index in [0.717, 1.165) is 0 Å². The van der Waals surface area contributed by atoms with E-state index in [2.05, 4.69) is 10.1 Å². The first-order chi connectivity index (χ1) is 10.4. The van der Waals surface area contributed by atoms with Gasteiger partial charge in [0.25, 0.3) is 0 Å². The summed E-state index contributed by atoms with van der Waals surface area (Å²) in [6, 6.07) is 5.01. The van der Waals surface area contributed by atoms with Gasteiger partial charge in [0.15, 0.2) is 5.82 Å². The highest BCUT2D eigenvalue weighted by Gasteiger charge is 2.65. The lowest BCUT2D eigenvalue weighted by atomic mass is 9.80. The van der Waals surface area contributed by atoms with Gasteiger partial charge >= 0.3 is 0 Å². The quantitative estimate of drug-likeness (QED) is 0.525. The molecule has 2 unspecified atom stereocenters. The maximum atomic E-state index is 10.7. The molecule has 0 aromatic carbocycles. The molecule has 116 valence electrons. The molecule has 0 saturated carbocycles. The summed E-state index contributed by atoms with van der Waals surface area (Å²) >= 11 is 0. The van der Waals surface area contributed by atoms with E-state index in [-0.39, 0.29) is 11.5 Å². The van der Waals surface area contributed by atoms with Gasteiger partial charge in [0.05, 0.1) is 12.3 Å². The van der Waals surface area contributed by atoms with Crippen LogP contribution in [-0.4, -0.2) is 54.3 Å². The molecule has 3 rings (SSSR count). The number of anilines is 1. The van der Waals surface area contributed by atoms with E-state index in [0.29, 0.717) is 5.52 Å². The number of ether oxygens (including phenoxy) is 1. The van der Waals surface area contributed by atoms with Gasteiger partial charge in [-0.2, -0.15) is 10.4 Å². The lowest BCUT2D eigenvalue weighted by Crippen LogP contribution is -2.52. The van der Waals surface area contributed by atoms with Crippen molar-refractivity contribution in [1.29, 1.82) is 5.26 Å². The third-order valence-corrected chi connectivity index (χ3v) is 4.15. The highest BCUT2D eigenvalue weighted by molar-refractivity contribution is 5.66. The number of aliphatic hydroxyl groups excluding tert-OH is 2. The van der Waals surface area contributed by atoms with Crippen molar-refractivity contribution in [2.75, 3.05) is 12.3 Å². The predicted molar refractivity (Wildman–Crippen MR) is 73.3 cm³/mol. The van der Waals surface area contributed by atoms with Crippen LogP contribution in [0.25, 0.3) is 5.52 Å². The topological polar surface area (TPSA) is 150 Å². The number of nitrogens with zero attached hydrogens (tertiary/aromatic N) is 4. The normalized spacial score (nSPS) is 34.9. The van der Waals surface area contributed by atoms with E-state index in [1.165, 1.54) is 23.8 Å². The molecule has 1 aliphatic heterocycles. The van der Waals surface area contributed by atoms with Crippen LogP contribution in [0, 0.1) is 11.3 Å². The molecule has 1 aliphatic rings. The Morgan fingerprint density at radius 1 is 1.55 bits per heavy atom. The van der Waals surface area contributed by atoms with Crippen LogP contribution in [0.3, 0.4) is 0 Å². The van der Waals surface area contributed by atoms with Crippen LogP contribution in [0.15, 0.2) is 18.5 Å². The minimum Gasteiger partial charge on any atom is -0.394 e. The number of hydrogen-bond acceptors (Lipinski definition) is 8. The Hall–Kier alpha value is -2.25. The molecule has 4 atom stereocenters. The van der Waals surface area contributed by atoms with Crippen LogP contribution in [0.5, 0.6) is 0 Å². The summed E-state index contributed by atoms with van der Waals surface area (Å²) < 4.78 is 6.86. The standard InChI is InChI=1S/C13H15N5O4/c1-12(21)10(20)8(4-19)22-13(12,5-14)9-3-2-7-11(15)16-6-17-18(7)9/h2-3,6,8,10,19-21H,4H2,1H3,(H2,15,16,17)/t8-,10?,12?,13+/m1/s1. The fourth-order valence-corrected chi connectivity index (χ4v) is 2.85. The SMILES string of the molecule is CC1(O)C(O)[C@@H](CO)O[C@@]1(C#N)c1ccc2c(N)ncnn12. The monoisotopic (exact) mass is 305 g/mol. The Balaban J connectivity index is 2.27. The summed E-state index contributed by atoms with van der Waals surface area (Å²) in [6.07, 6.45) is -1.33. The molecule has 5 N–H and O–H groups in total. The molecule has 1 saturated heterocycles. The zero-order valence-corrected chi connectivity index (χ0v) is 11.7. The molecule has 1 fully saturated rings. The van der Waals surface area contributed by atoms with Crippen molar-refractivity contribution in [3.05, 3.63) is 24.2 Å². The predicted octanol–water partition coefficient (Wildman–Crippen LogP) is -1.47. The van der Waals surface area contributed by atoms with Gasteiger partial charge in [-0.05, 0) is 19.1 Å². The number of rotatable bonds is 2. The second kappa shape index (κ2) is 4.62. The van der Waals surface area contributed by atoms with E-state index in [1.54, 1.807) is 6.07 Å². The first-order valence-electron chi connectivity index (χ1n) is 6.58. The van der Waals surface area contributed by atoms with Crippen molar-refractivity contribution in [2.24, 2.45) is 0 Å². The van der Waals surface area contributed by atoms with E-state index in [1.807, 2.05) is 6.07 Å². The van der Waals surface area contributed by atoms with Crippen molar-refractivity contribution in [1.82, 2.24) is 14.6 Å². The van der Waals surface area contributed by atoms with Crippen molar-refractivity contribution in [2.45, 2.75) is 30.3 Å². The molecule has 0 bridgehead atoms. The molecule has 3 heterocycles. The van der Waals surface area contributed by atoms with Crippen molar-refractivity contribution >= 4 is 11.3 Å². The smallest absolute Gasteiger partial charge is 0.228 e. The number of hydrogen-bond donors (Lipinski definition) is 4. The number of nitriles is 1. The minimum absolute atomic E-state index is 0.194. The highest BCUT2D eigenvalue weighted by Crippen LogP contribution is 2.47. The van der Waals surface area contributed by atoms with E-state index >= 15 is 0 Å². The van der Waals surface area contributed by atoms with Crippen LogP contribution in [0.2, 0.25) is 0 Å². The molecule has 22 heavy (non-hydrogen) atoms. The Kier molecular flexibility index (Phi) is 3.08. The largest absolute Gasteiger partial charge is 0.394 e. The van der Waals surface area contributed by atoms with Crippen LogP contribution in [0.4, 0.5) is 5.82 Å². The Morgan fingerprint density at radius 3 is 2.86 bits per heavy atom. The zero-order valence-electron chi connectivity index (χ0n) is 11.7. The van der Waals surface area contributed by atoms with Crippen molar-refractivity contribution in [3.63, 3.8) is 0 Å². The molecule has 9 heteroatoms. The summed E-state index contributed by atoms with van der Waals surface area (Å²) in [5.74, 6) is 0.200. The van der Waals surface area contributed by atoms with Crippen LogP contribution >= 0.6 is 0 Å². The number of aliphatic hydroxyl groups is 3. The first-order valence-corrected chi connectivity index (χ1v) is 6.58. The lowest BCUT2D eigenvalue weighted by molar-refractivity contribution is -0.109. The lowest BCUT2D eigenvalue weighted by Gasteiger charge is -2.33. The Morgan fingerprint density at radius 2 is 2.27 bits per heavy atom. The first kappa shape index (κ1) is 14.7. The van der Waals surface area contributed by atoms with Gasteiger partial charge in [-0.3, -0.25) is 0 Å². The fraction of sp³-hybridized carbons (Fsp3) is 0.462. The van der Waals surface area contributed by atoms with Crippen LogP contribution in [-0.2, 0) is 10.3 Å². The van der Waals surface area contributed by atoms with Gasteiger partial charge in [0, 0.05) is 0 Å². The summed E-state index contributed by atoms with van der Waals surface area (Å²) in [5.41, 5.74) is 2.52. The van der Waals surface area contributed by atoms with Gasteiger partial charge in [-0.25, -0.2) is 9.50 Å². The molecule has 2 aromatic heterocycles. The van der Waals surface area contributed by atoms with Gasteiger partial charge in [0.2, 0.25) is 5.60 Å². The molecule has 0 amide bonds. The average Bonchev–Trinajstić information content (AvgIpc) is 3.01. The van der Waals surface area contributed by atoms with Gasteiger partial charge < -0.3 is 25.8 Å². The van der Waals surface area contributed by atoms with Crippen molar-refractivity contribution < 1.29 is 20.1 Å². The number of nitrogens with two attached hydrogens (primary N) is 1. The van der Waals surface area contributed by atoms with Crippen molar-refractivity contribution in [3.8, 4) is 6.07 Å². The van der Waals surface area contributed by atoms with Crippen LogP contribution < -0.4 is 5.73 Å². The molecule has 9 nitrogen and oxygen atoms in total. The molecular weight excluding hydrogens is 290 g/mol. The summed E-state index contributed by atoms with van der Waals surface area (Å²) in [6.45, 7) is 0.738. The number of nitrogen functional groups attached to an aromatic ring is 1. The zero-order chi connectivity index (χ0) is 16.1. The number of aromatic nitrogens is 3. The molecule has 0 spiro atoms. The van der Waals surface area contributed by atoms with Crippen LogP contribution in [0.1, 0.15) is 12.6 Å². The second-order valence-corrected chi connectivity index (χ2v) is 5.39. The third-order valence-electron chi connectivity index (χ3n) is 4.15. The summed E-state index contributed by atoms with van der Waals surface area (Å²) in [4.78, 5) is 3.85. The highest BCUT2D eigenvalue weighted by atomic mass is 16.6. The summed E-state index contributed by atoms with van der Waals surface area (Å²) in [7, 11) is 0. The van der Waals surface area contributed by atoms with E-state index in [9.17, 15) is 20.6 Å². The van der Waals surface area contributed by atoms with Gasteiger partial charge in [-0.1, -0.05) is 0 Å². The third kappa shape index (κ3) is 1.60. The van der Waals surface area contributed by atoms with E-state index < -0.39 is 30.0 Å². The average molecular weight is 305 g/mol. The van der Waals surface area contributed by atoms with Gasteiger partial charge in [0.1, 0.15) is 35.7 Å². The Bertz CT molecular complexity index is 767. The maximum absolute atomic E-state index is 10.7. The second-order valence-electron chi connectivity index (χ2n) is 5.39.